The molecule has 154 valence electrons. The number of sulfone groups is 1. The Balaban J connectivity index is 2.06. The van der Waals surface area contributed by atoms with E-state index in [-0.39, 0.29) is 17.7 Å². The Kier molecular flexibility index (Phi) is 5.44. The summed E-state index contributed by atoms with van der Waals surface area (Å²) >= 11 is 0. The molecule has 0 aromatic heterocycles. The number of amides is 1. The SMILES string of the molecule is Cc1ccc(C)c(S(=O)(=O)C2(C(=O)Nc3cc([N+](=O)[O-])ccc3F)CCCC2)c1. The summed E-state index contributed by atoms with van der Waals surface area (Å²) in [5.41, 5.74) is 0.454. The van der Waals surface area contributed by atoms with E-state index in [4.69, 9.17) is 0 Å². The summed E-state index contributed by atoms with van der Waals surface area (Å²) in [4.78, 5) is 23.5. The number of hydrogen-bond acceptors (Lipinski definition) is 5. The van der Waals surface area contributed by atoms with Crippen molar-refractivity contribution in [3.8, 4) is 0 Å². The number of nitro benzene ring substituents is 1. The molecule has 0 saturated heterocycles. The van der Waals surface area contributed by atoms with Gasteiger partial charge < -0.3 is 5.32 Å². The molecule has 1 aliphatic carbocycles. The van der Waals surface area contributed by atoms with Crippen LogP contribution in [0.25, 0.3) is 0 Å². The molecule has 1 aliphatic rings. The molecule has 0 radical (unpaired) electrons. The maximum atomic E-state index is 14.2. The second-order valence-corrected chi connectivity index (χ2v) is 9.58. The van der Waals surface area contributed by atoms with Gasteiger partial charge in [-0.2, -0.15) is 0 Å². The third-order valence-electron chi connectivity index (χ3n) is 5.38. The summed E-state index contributed by atoms with van der Waals surface area (Å²) in [6.07, 6.45) is 1.28. The minimum Gasteiger partial charge on any atom is -0.322 e. The summed E-state index contributed by atoms with van der Waals surface area (Å²) in [5.74, 6) is -1.74. The number of hydrogen-bond donors (Lipinski definition) is 1. The average molecular weight is 420 g/mol. The summed E-state index contributed by atoms with van der Waals surface area (Å²) < 4.78 is 39.5. The van der Waals surface area contributed by atoms with Crippen molar-refractivity contribution in [2.45, 2.75) is 49.2 Å². The number of rotatable bonds is 5. The van der Waals surface area contributed by atoms with Crippen molar-refractivity contribution >= 4 is 27.1 Å². The molecule has 0 aliphatic heterocycles. The lowest BCUT2D eigenvalue weighted by molar-refractivity contribution is -0.384. The highest BCUT2D eigenvalue weighted by atomic mass is 32.2. The van der Waals surface area contributed by atoms with Gasteiger partial charge in [-0.1, -0.05) is 25.0 Å². The maximum Gasteiger partial charge on any atom is 0.271 e. The number of non-ortho nitro benzene ring substituents is 1. The number of carbonyl (C=O) groups is 1. The van der Waals surface area contributed by atoms with E-state index in [1.807, 2.05) is 0 Å². The highest BCUT2D eigenvalue weighted by molar-refractivity contribution is 7.93. The first kappa shape index (κ1) is 20.9. The highest BCUT2D eigenvalue weighted by Crippen LogP contribution is 2.42. The number of benzene rings is 2. The molecule has 0 bridgehead atoms. The maximum absolute atomic E-state index is 14.2. The Hall–Kier alpha value is -2.81. The second kappa shape index (κ2) is 7.55. The molecule has 0 atom stereocenters. The van der Waals surface area contributed by atoms with Gasteiger partial charge in [-0.25, -0.2) is 12.8 Å². The first-order valence-corrected chi connectivity index (χ1v) is 10.6. The van der Waals surface area contributed by atoms with Crippen LogP contribution in [0.3, 0.4) is 0 Å². The zero-order chi connectivity index (χ0) is 21.4. The molecule has 0 spiro atoms. The average Bonchev–Trinajstić information content (AvgIpc) is 3.17. The van der Waals surface area contributed by atoms with E-state index in [9.17, 15) is 27.7 Å². The predicted octanol–water partition coefficient (Wildman–Crippen LogP) is 4.08. The molecule has 0 heterocycles. The summed E-state index contributed by atoms with van der Waals surface area (Å²) in [6.45, 7) is 3.42. The molecule has 1 amide bonds. The number of halogens is 1. The van der Waals surface area contributed by atoms with Crippen LogP contribution >= 0.6 is 0 Å². The van der Waals surface area contributed by atoms with Gasteiger partial charge in [0.15, 0.2) is 14.6 Å². The molecule has 0 unspecified atom stereocenters. The molecule has 1 fully saturated rings. The van der Waals surface area contributed by atoms with E-state index in [0.717, 1.165) is 23.8 Å². The fourth-order valence-electron chi connectivity index (χ4n) is 3.73. The van der Waals surface area contributed by atoms with Crippen LogP contribution in [0.2, 0.25) is 0 Å². The van der Waals surface area contributed by atoms with Gasteiger partial charge in [-0.3, -0.25) is 14.9 Å². The summed E-state index contributed by atoms with van der Waals surface area (Å²) in [7, 11) is -4.08. The van der Waals surface area contributed by atoms with E-state index < -0.39 is 42.6 Å². The lowest BCUT2D eigenvalue weighted by atomic mass is 10.1. The van der Waals surface area contributed by atoms with Crippen molar-refractivity contribution < 1.29 is 22.5 Å². The van der Waals surface area contributed by atoms with Crippen LogP contribution in [0.4, 0.5) is 15.8 Å². The van der Waals surface area contributed by atoms with Crippen molar-refractivity contribution in [3.63, 3.8) is 0 Å². The summed E-state index contributed by atoms with van der Waals surface area (Å²) in [5, 5.41) is 13.3. The van der Waals surface area contributed by atoms with Gasteiger partial charge in [0.25, 0.3) is 5.69 Å². The van der Waals surface area contributed by atoms with Crippen molar-refractivity contribution in [2.24, 2.45) is 0 Å². The van der Waals surface area contributed by atoms with Crippen LogP contribution < -0.4 is 5.32 Å². The number of anilines is 1. The van der Waals surface area contributed by atoms with Crippen LogP contribution in [-0.2, 0) is 14.6 Å². The van der Waals surface area contributed by atoms with Crippen molar-refractivity contribution in [2.75, 3.05) is 5.32 Å². The molecular formula is C20H21FN2O5S. The van der Waals surface area contributed by atoms with Gasteiger partial charge in [0, 0.05) is 12.1 Å². The Morgan fingerprint density at radius 2 is 1.79 bits per heavy atom. The van der Waals surface area contributed by atoms with Gasteiger partial charge in [0.1, 0.15) is 5.82 Å². The van der Waals surface area contributed by atoms with E-state index in [1.165, 1.54) is 6.07 Å². The molecule has 2 aromatic rings. The lowest BCUT2D eigenvalue weighted by Gasteiger charge is -2.28. The fraction of sp³-hybridized carbons (Fsp3) is 0.350. The predicted molar refractivity (Wildman–Crippen MR) is 106 cm³/mol. The topological polar surface area (TPSA) is 106 Å². The van der Waals surface area contributed by atoms with Gasteiger partial charge >= 0.3 is 0 Å². The Bertz CT molecular complexity index is 1090. The van der Waals surface area contributed by atoms with E-state index in [1.54, 1.807) is 26.0 Å². The van der Waals surface area contributed by atoms with Crippen LogP contribution in [0, 0.1) is 29.8 Å². The van der Waals surface area contributed by atoms with Gasteiger partial charge in [0.05, 0.1) is 15.5 Å². The van der Waals surface area contributed by atoms with Gasteiger partial charge in [-0.15, -0.1) is 0 Å². The normalized spacial score (nSPS) is 15.8. The number of nitro groups is 1. The Morgan fingerprint density at radius 1 is 1.14 bits per heavy atom. The smallest absolute Gasteiger partial charge is 0.271 e. The van der Waals surface area contributed by atoms with Crippen molar-refractivity contribution in [1.82, 2.24) is 0 Å². The minimum atomic E-state index is -4.08. The van der Waals surface area contributed by atoms with Crippen LogP contribution in [0.1, 0.15) is 36.8 Å². The Morgan fingerprint density at radius 3 is 2.41 bits per heavy atom. The lowest BCUT2D eigenvalue weighted by Crippen LogP contribution is -2.47. The summed E-state index contributed by atoms with van der Waals surface area (Å²) in [6, 6.07) is 7.74. The molecular weight excluding hydrogens is 399 g/mol. The standard InChI is InChI=1S/C20H21FN2O5S/c1-13-5-6-14(2)18(11-13)29(27,28)20(9-3-4-10-20)19(24)22-17-12-15(23(25)26)7-8-16(17)21/h5-8,11-12H,3-4,9-10H2,1-2H3,(H,22,24). The third-order valence-corrected chi connectivity index (χ3v) is 8.02. The molecule has 1 N–H and O–H groups in total. The fourth-order valence-corrected chi connectivity index (χ4v) is 6.11. The first-order chi connectivity index (χ1) is 13.6. The number of aryl methyl sites for hydroxylation is 2. The zero-order valence-electron chi connectivity index (χ0n) is 16.1. The molecule has 2 aromatic carbocycles. The molecule has 29 heavy (non-hydrogen) atoms. The van der Waals surface area contributed by atoms with Gasteiger partial charge in [0.2, 0.25) is 5.91 Å². The number of nitrogens with zero attached hydrogens (tertiary/aromatic N) is 1. The largest absolute Gasteiger partial charge is 0.322 e. The highest BCUT2D eigenvalue weighted by Gasteiger charge is 2.53. The molecule has 7 nitrogen and oxygen atoms in total. The van der Waals surface area contributed by atoms with Gasteiger partial charge in [-0.05, 0) is 49.9 Å². The zero-order valence-corrected chi connectivity index (χ0v) is 16.9. The van der Waals surface area contributed by atoms with Crippen LogP contribution in [0.15, 0.2) is 41.3 Å². The second-order valence-electron chi connectivity index (χ2n) is 7.35. The van der Waals surface area contributed by atoms with Crippen LogP contribution in [-0.4, -0.2) is 24.0 Å². The van der Waals surface area contributed by atoms with E-state index in [0.29, 0.717) is 18.4 Å². The number of carbonyl (C=O) groups excluding carboxylic acids is 1. The third kappa shape index (κ3) is 3.62. The first-order valence-electron chi connectivity index (χ1n) is 9.16. The molecule has 3 rings (SSSR count). The quantitative estimate of drug-likeness (QED) is 0.579. The van der Waals surface area contributed by atoms with E-state index in [2.05, 4.69) is 5.32 Å². The molecule has 1 saturated carbocycles. The Labute approximate surface area is 168 Å². The van der Waals surface area contributed by atoms with Crippen molar-refractivity contribution in [3.05, 3.63) is 63.5 Å². The van der Waals surface area contributed by atoms with E-state index >= 15 is 0 Å². The molecule has 9 heteroatoms. The van der Waals surface area contributed by atoms with Crippen molar-refractivity contribution in [1.29, 1.82) is 0 Å². The van der Waals surface area contributed by atoms with Crippen LogP contribution in [0.5, 0.6) is 0 Å². The monoisotopic (exact) mass is 420 g/mol. The minimum absolute atomic E-state index is 0.0778. The number of nitrogens with one attached hydrogen (secondary N) is 1.